The lowest BCUT2D eigenvalue weighted by atomic mass is 10.1. The van der Waals surface area contributed by atoms with Gasteiger partial charge in [-0.2, -0.15) is 13.2 Å². The number of rotatable bonds is 6. The maximum Gasteiger partial charge on any atom is 0.416 e. The van der Waals surface area contributed by atoms with Crippen molar-refractivity contribution in [1.29, 1.82) is 0 Å². The van der Waals surface area contributed by atoms with Crippen molar-refractivity contribution in [3.63, 3.8) is 0 Å². The topological polar surface area (TPSA) is 50.8 Å². The van der Waals surface area contributed by atoms with Crippen molar-refractivity contribution in [3.05, 3.63) is 64.9 Å². The van der Waals surface area contributed by atoms with Gasteiger partial charge in [-0.05, 0) is 67.0 Å². The number of halogens is 3. The summed E-state index contributed by atoms with van der Waals surface area (Å²) >= 11 is 5.26. The van der Waals surface area contributed by atoms with E-state index in [1.165, 1.54) is 19.2 Å². The molecule has 1 saturated heterocycles. The molecule has 1 heterocycles. The molecule has 9 heteroatoms. The second-order valence-corrected chi connectivity index (χ2v) is 7.67. The minimum Gasteiger partial charge on any atom is -0.496 e. The van der Waals surface area contributed by atoms with Crippen LogP contribution in [0.2, 0.25) is 0 Å². The molecule has 2 fully saturated rings. The molecule has 0 aromatic heterocycles. The van der Waals surface area contributed by atoms with Crippen molar-refractivity contribution in [1.82, 2.24) is 10.2 Å². The van der Waals surface area contributed by atoms with E-state index in [1.807, 2.05) is 0 Å². The Morgan fingerprint density at radius 3 is 2.68 bits per heavy atom. The van der Waals surface area contributed by atoms with E-state index in [1.54, 1.807) is 29.2 Å². The SMILES string of the molecule is COc1ccc(/C=C2/NC(=S)N(C3CC3)C2=O)cc1COc1cccc(C(F)(F)F)c1. The van der Waals surface area contributed by atoms with Crippen molar-refractivity contribution in [2.75, 3.05) is 7.11 Å². The fraction of sp³-hybridized carbons (Fsp3) is 0.273. The van der Waals surface area contributed by atoms with Gasteiger partial charge in [0.1, 0.15) is 23.8 Å². The molecule has 1 aliphatic heterocycles. The Kier molecular flexibility index (Phi) is 5.62. The van der Waals surface area contributed by atoms with Crippen LogP contribution in [0.3, 0.4) is 0 Å². The number of carbonyl (C=O) groups is 1. The van der Waals surface area contributed by atoms with Crippen LogP contribution < -0.4 is 14.8 Å². The third-order valence-corrected chi connectivity index (χ3v) is 5.29. The molecule has 5 nitrogen and oxygen atoms in total. The van der Waals surface area contributed by atoms with Crippen LogP contribution in [0, 0.1) is 0 Å². The van der Waals surface area contributed by atoms with Gasteiger partial charge in [-0.1, -0.05) is 12.1 Å². The molecule has 0 atom stereocenters. The van der Waals surface area contributed by atoms with Crippen LogP contribution in [0.5, 0.6) is 11.5 Å². The first-order chi connectivity index (χ1) is 14.8. The van der Waals surface area contributed by atoms with Gasteiger partial charge in [0, 0.05) is 11.6 Å². The van der Waals surface area contributed by atoms with Crippen LogP contribution in [0.4, 0.5) is 13.2 Å². The molecule has 4 rings (SSSR count). The summed E-state index contributed by atoms with van der Waals surface area (Å²) in [6, 6.07) is 10.1. The van der Waals surface area contributed by atoms with Gasteiger partial charge in [-0.3, -0.25) is 9.69 Å². The van der Waals surface area contributed by atoms with Crippen molar-refractivity contribution >= 4 is 29.3 Å². The first-order valence-corrected chi connectivity index (χ1v) is 10.0. The highest BCUT2D eigenvalue weighted by atomic mass is 32.1. The largest absolute Gasteiger partial charge is 0.496 e. The summed E-state index contributed by atoms with van der Waals surface area (Å²) in [6.45, 7) is -0.00448. The molecule has 1 aliphatic carbocycles. The predicted molar refractivity (Wildman–Crippen MR) is 112 cm³/mol. The lowest BCUT2D eigenvalue weighted by Gasteiger charge is -2.13. The molecule has 2 aliphatic rings. The first-order valence-electron chi connectivity index (χ1n) is 9.59. The van der Waals surface area contributed by atoms with Gasteiger partial charge in [0.05, 0.1) is 12.7 Å². The quantitative estimate of drug-likeness (QED) is 0.521. The van der Waals surface area contributed by atoms with Crippen LogP contribution >= 0.6 is 12.2 Å². The van der Waals surface area contributed by atoms with Crippen molar-refractivity contribution < 1.29 is 27.4 Å². The lowest BCUT2D eigenvalue weighted by Crippen LogP contribution is -2.32. The number of ether oxygens (including phenoxy) is 2. The Balaban J connectivity index is 1.53. The van der Waals surface area contributed by atoms with Crippen LogP contribution in [0.1, 0.15) is 29.5 Å². The normalized spacial score (nSPS) is 17.8. The van der Waals surface area contributed by atoms with Gasteiger partial charge >= 0.3 is 6.18 Å². The van der Waals surface area contributed by atoms with E-state index in [9.17, 15) is 18.0 Å². The minimum absolute atomic E-state index is 0.00448. The maximum atomic E-state index is 12.9. The molecule has 2 aromatic rings. The summed E-state index contributed by atoms with van der Waals surface area (Å²) in [5, 5.41) is 3.35. The minimum atomic E-state index is -4.45. The Bertz CT molecular complexity index is 1060. The second-order valence-electron chi connectivity index (χ2n) is 7.28. The molecule has 1 saturated carbocycles. The van der Waals surface area contributed by atoms with E-state index in [0.717, 1.165) is 25.0 Å². The van der Waals surface area contributed by atoms with Crippen molar-refractivity contribution in [3.8, 4) is 11.5 Å². The highest BCUT2D eigenvalue weighted by Crippen LogP contribution is 2.33. The molecule has 162 valence electrons. The molecule has 1 amide bonds. The average molecular weight is 448 g/mol. The van der Waals surface area contributed by atoms with Crippen LogP contribution in [0.25, 0.3) is 6.08 Å². The average Bonchev–Trinajstić information content (AvgIpc) is 3.52. The summed E-state index contributed by atoms with van der Waals surface area (Å²) < 4.78 is 49.6. The Morgan fingerprint density at radius 1 is 1.23 bits per heavy atom. The summed E-state index contributed by atoms with van der Waals surface area (Å²) in [4.78, 5) is 14.2. The number of carbonyl (C=O) groups excluding carboxylic acids is 1. The first kappa shape index (κ1) is 21.2. The maximum absolute atomic E-state index is 12.9. The summed E-state index contributed by atoms with van der Waals surface area (Å²) in [5.41, 5.74) is 0.936. The third-order valence-electron chi connectivity index (χ3n) is 4.99. The predicted octanol–water partition coefficient (Wildman–Crippen LogP) is 4.51. The number of nitrogens with zero attached hydrogens (tertiary/aromatic N) is 1. The second kappa shape index (κ2) is 8.22. The zero-order valence-electron chi connectivity index (χ0n) is 16.5. The van der Waals surface area contributed by atoms with Gasteiger partial charge in [0.2, 0.25) is 0 Å². The number of amides is 1. The highest BCUT2D eigenvalue weighted by molar-refractivity contribution is 7.80. The zero-order valence-corrected chi connectivity index (χ0v) is 17.3. The Morgan fingerprint density at radius 2 is 2.00 bits per heavy atom. The Hall–Kier alpha value is -3.07. The van der Waals surface area contributed by atoms with E-state index in [0.29, 0.717) is 27.7 Å². The molecule has 0 radical (unpaired) electrons. The number of hydrogen-bond acceptors (Lipinski definition) is 4. The van der Waals surface area contributed by atoms with Crippen LogP contribution in [-0.4, -0.2) is 29.1 Å². The van der Waals surface area contributed by atoms with Crippen LogP contribution in [-0.2, 0) is 17.6 Å². The van der Waals surface area contributed by atoms with Crippen molar-refractivity contribution in [2.24, 2.45) is 0 Å². The zero-order chi connectivity index (χ0) is 22.2. The third kappa shape index (κ3) is 4.66. The van der Waals surface area contributed by atoms with Gasteiger partial charge < -0.3 is 14.8 Å². The number of hydrogen-bond donors (Lipinski definition) is 1. The lowest BCUT2D eigenvalue weighted by molar-refractivity contribution is -0.137. The monoisotopic (exact) mass is 448 g/mol. The standard InChI is InChI=1S/C22H19F3N2O3S/c1-29-19-8-5-13(10-18-20(28)27(16-6-7-16)21(31)26-18)9-14(19)12-30-17-4-2-3-15(11-17)22(23,24)25/h2-5,8-11,16H,6-7,12H2,1H3,(H,26,31)/b18-10+. The number of alkyl halides is 3. The molecule has 0 unspecified atom stereocenters. The molecule has 31 heavy (non-hydrogen) atoms. The fourth-order valence-electron chi connectivity index (χ4n) is 3.30. The number of benzene rings is 2. The number of methoxy groups -OCH3 is 1. The molecular weight excluding hydrogens is 429 g/mol. The van der Waals surface area contributed by atoms with E-state index in [4.69, 9.17) is 21.7 Å². The van der Waals surface area contributed by atoms with E-state index in [-0.39, 0.29) is 24.3 Å². The fourth-order valence-corrected chi connectivity index (χ4v) is 3.65. The number of nitrogens with one attached hydrogen (secondary N) is 1. The smallest absolute Gasteiger partial charge is 0.416 e. The van der Waals surface area contributed by atoms with Crippen molar-refractivity contribution in [2.45, 2.75) is 31.7 Å². The van der Waals surface area contributed by atoms with Gasteiger partial charge in [-0.25, -0.2) is 0 Å². The van der Waals surface area contributed by atoms with Crippen LogP contribution in [0.15, 0.2) is 48.2 Å². The summed E-state index contributed by atoms with van der Waals surface area (Å²) in [5.74, 6) is 0.457. The van der Waals surface area contributed by atoms with E-state index in [2.05, 4.69) is 5.32 Å². The molecule has 1 N–H and O–H groups in total. The van der Waals surface area contributed by atoms with E-state index < -0.39 is 11.7 Å². The van der Waals surface area contributed by atoms with E-state index >= 15 is 0 Å². The van der Waals surface area contributed by atoms with Gasteiger partial charge in [0.15, 0.2) is 5.11 Å². The summed E-state index contributed by atoms with van der Waals surface area (Å²) in [6.07, 6.45) is -0.871. The molecule has 0 spiro atoms. The van der Waals surface area contributed by atoms with Gasteiger partial charge in [0.25, 0.3) is 5.91 Å². The summed E-state index contributed by atoms with van der Waals surface area (Å²) in [7, 11) is 1.50. The number of thiocarbonyl (C=S) groups is 1. The Labute approximate surface area is 182 Å². The highest BCUT2D eigenvalue weighted by Gasteiger charge is 2.41. The molecule has 0 bridgehead atoms. The molecule has 2 aromatic carbocycles. The van der Waals surface area contributed by atoms with Gasteiger partial charge in [-0.15, -0.1) is 0 Å². The molecular formula is C22H19F3N2O3S.